The number of aromatic nitrogens is 2. The van der Waals surface area contributed by atoms with Crippen molar-refractivity contribution >= 4 is 21.8 Å². The average molecular weight is 349 g/mol. The van der Waals surface area contributed by atoms with E-state index >= 15 is 0 Å². The molecular formula is C15H17BrN4O. The Morgan fingerprint density at radius 3 is 2.76 bits per heavy atom. The molecule has 1 aliphatic heterocycles. The zero-order valence-electron chi connectivity index (χ0n) is 11.6. The summed E-state index contributed by atoms with van der Waals surface area (Å²) in [5, 5.41) is 9.91. The SMILES string of the molecule is O=C(NCCN1CCC1)c1cc(-c2ccc(Br)cc2)n[nH]1. The second-order valence-corrected chi connectivity index (χ2v) is 6.04. The molecule has 0 saturated carbocycles. The van der Waals surface area contributed by atoms with Crippen LogP contribution >= 0.6 is 15.9 Å². The molecular weight excluding hydrogens is 332 g/mol. The van der Waals surface area contributed by atoms with E-state index in [9.17, 15) is 4.79 Å². The predicted molar refractivity (Wildman–Crippen MR) is 85.1 cm³/mol. The molecule has 0 atom stereocenters. The smallest absolute Gasteiger partial charge is 0.269 e. The van der Waals surface area contributed by atoms with Crippen molar-refractivity contribution in [3.8, 4) is 11.3 Å². The van der Waals surface area contributed by atoms with Crippen LogP contribution in [0.3, 0.4) is 0 Å². The Labute approximate surface area is 131 Å². The summed E-state index contributed by atoms with van der Waals surface area (Å²) in [5.74, 6) is -0.105. The first-order valence-electron chi connectivity index (χ1n) is 7.04. The minimum atomic E-state index is -0.105. The Morgan fingerprint density at radius 1 is 1.33 bits per heavy atom. The third-order valence-corrected chi connectivity index (χ3v) is 4.15. The molecule has 0 bridgehead atoms. The highest BCUT2D eigenvalue weighted by molar-refractivity contribution is 9.10. The van der Waals surface area contributed by atoms with Gasteiger partial charge in [0.2, 0.25) is 0 Å². The van der Waals surface area contributed by atoms with Crippen LogP contribution in [-0.2, 0) is 0 Å². The second-order valence-electron chi connectivity index (χ2n) is 5.12. The number of hydrogen-bond acceptors (Lipinski definition) is 3. The minimum Gasteiger partial charge on any atom is -0.349 e. The van der Waals surface area contributed by atoms with E-state index in [2.05, 4.69) is 36.3 Å². The number of amides is 1. The first-order chi connectivity index (χ1) is 10.2. The molecule has 1 fully saturated rings. The van der Waals surface area contributed by atoms with Crippen molar-refractivity contribution in [2.24, 2.45) is 0 Å². The van der Waals surface area contributed by atoms with Gasteiger partial charge in [0.25, 0.3) is 5.91 Å². The average Bonchev–Trinajstić information content (AvgIpc) is 2.92. The normalized spacial score (nSPS) is 14.7. The first-order valence-corrected chi connectivity index (χ1v) is 7.83. The van der Waals surface area contributed by atoms with Gasteiger partial charge in [-0.1, -0.05) is 28.1 Å². The van der Waals surface area contributed by atoms with Gasteiger partial charge in [0.05, 0.1) is 5.69 Å². The van der Waals surface area contributed by atoms with Gasteiger partial charge >= 0.3 is 0 Å². The van der Waals surface area contributed by atoms with Gasteiger partial charge in [0.1, 0.15) is 5.69 Å². The van der Waals surface area contributed by atoms with Gasteiger partial charge in [-0.05, 0) is 37.7 Å². The van der Waals surface area contributed by atoms with E-state index in [1.54, 1.807) is 6.07 Å². The van der Waals surface area contributed by atoms with Crippen molar-refractivity contribution in [3.63, 3.8) is 0 Å². The van der Waals surface area contributed by atoms with Crippen LogP contribution in [0.4, 0.5) is 0 Å². The topological polar surface area (TPSA) is 61.0 Å². The van der Waals surface area contributed by atoms with Crippen molar-refractivity contribution in [2.75, 3.05) is 26.2 Å². The van der Waals surface area contributed by atoms with Crippen LogP contribution in [0.15, 0.2) is 34.8 Å². The number of halogens is 1. The highest BCUT2D eigenvalue weighted by Gasteiger charge is 2.14. The number of rotatable bonds is 5. The third-order valence-electron chi connectivity index (χ3n) is 3.62. The summed E-state index contributed by atoms with van der Waals surface area (Å²) in [6.07, 6.45) is 1.27. The summed E-state index contributed by atoms with van der Waals surface area (Å²) in [6.45, 7) is 3.88. The van der Waals surface area contributed by atoms with Crippen molar-refractivity contribution in [1.82, 2.24) is 20.4 Å². The van der Waals surface area contributed by atoms with E-state index in [0.29, 0.717) is 12.2 Å². The maximum Gasteiger partial charge on any atom is 0.269 e. The molecule has 2 heterocycles. The molecule has 6 heteroatoms. The molecule has 0 radical (unpaired) electrons. The van der Waals surface area contributed by atoms with Crippen LogP contribution in [0.25, 0.3) is 11.3 Å². The zero-order valence-corrected chi connectivity index (χ0v) is 13.2. The molecule has 1 saturated heterocycles. The van der Waals surface area contributed by atoms with Crippen LogP contribution in [0, 0.1) is 0 Å². The lowest BCUT2D eigenvalue weighted by atomic mass is 10.1. The van der Waals surface area contributed by atoms with E-state index < -0.39 is 0 Å². The van der Waals surface area contributed by atoms with E-state index in [-0.39, 0.29) is 5.91 Å². The largest absolute Gasteiger partial charge is 0.349 e. The number of carbonyl (C=O) groups is 1. The number of nitrogens with one attached hydrogen (secondary N) is 2. The number of nitrogens with zero attached hydrogens (tertiary/aromatic N) is 2. The van der Waals surface area contributed by atoms with Gasteiger partial charge < -0.3 is 10.2 Å². The zero-order chi connectivity index (χ0) is 14.7. The standard InChI is InChI=1S/C15H17BrN4O/c16-12-4-2-11(3-5-12)13-10-14(19-18-13)15(21)17-6-9-20-7-1-8-20/h2-5,10H,1,6-9H2,(H,17,21)(H,18,19). The highest BCUT2D eigenvalue weighted by atomic mass is 79.9. The van der Waals surface area contributed by atoms with E-state index in [1.165, 1.54) is 6.42 Å². The van der Waals surface area contributed by atoms with Crippen LogP contribution < -0.4 is 5.32 Å². The lowest BCUT2D eigenvalue weighted by Gasteiger charge is -2.30. The predicted octanol–water partition coefficient (Wildman–Crippen LogP) is 2.27. The highest BCUT2D eigenvalue weighted by Crippen LogP contribution is 2.20. The molecule has 21 heavy (non-hydrogen) atoms. The third kappa shape index (κ3) is 3.51. The Balaban J connectivity index is 1.58. The quantitative estimate of drug-likeness (QED) is 0.871. The molecule has 1 aliphatic rings. The Morgan fingerprint density at radius 2 is 2.10 bits per heavy atom. The monoisotopic (exact) mass is 348 g/mol. The van der Waals surface area contributed by atoms with Crippen LogP contribution in [0.5, 0.6) is 0 Å². The Hall–Kier alpha value is -1.66. The van der Waals surface area contributed by atoms with Crippen LogP contribution in [0.2, 0.25) is 0 Å². The van der Waals surface area contributed by atoms with Gasteiger partial charge in [-0.25, -0.2) is 0 Å². The fourth-order valence-corrected chi connectivity index (χ4v) is 2.50. The first kappa shape index (κ1) is 14.3. The summed E-state index contributed by atoms with van der Waals surface area (Å²) in [4.78, 5) is 14.3. The van der Waals surface area contributed by atoms with Crippen LogP contribution in [0.1, 0.15) is 16.9 Å². The molecule has 110 valence electrons. The lowest BCUT2D eigenvalue weighted by molar-refractivity contribution is 0.0936. The van der Waals surface area contributed by atoms with E-state index in [1.807, 2.05) is 24.3 Å². The Kier molecular flexibility index (Phi) is 4.36. The molecule has 1 aromatic heterocycles. The summed E-state index contributed by atoms with van der Waals surface area (Å²) in [6, 6.07) is 9.62. The molecule has 5 nitrogen and oxygen atoms in total. The molecule has 0 unspecified atom stereocenters. The molecule has 1 aromatic carbocycles. The maximum atomic E-state index is 12.0. The minimum absolute atomic E-state index is 0.105. The molecule has 0 spiro atoms. The molecule has 1 amide bonds. The van der Waals surface area contributed by atoms with Gasteiger partial charge in [0.15, 0.2) is 0 Å². The fraction of sp³-hybridized carbons (Fsp3) is 0.333. The Bertz CT molecular complexity index is 619. The molecule has 2 N–H and O–H groups in total. The fourth-order valence-electron chi connectivity index (χ4n) is 2.23. The maximum absolute atomic E-state index is 12.0. The second kappa shape index (κ2) is 6.41. The van der Waals surface area contributed by atoms with E-state index in [4.69, 9.17) is 0 Å². The summed E-state index contributed by atoms with van der Waals surface area (Å²) in [7, 11) is 0. The molecule has 0 aliphatic carbocycles. The number of H-pyrrole nitrogens is 1. The number of benzene rings is 1. The van der Waals surface area contributed by atoms with Gasteiger partial charge in [-0.2, -0.15) is 5.10 Å². The number of likely N-dealkylation sites (tertiary alicyclic amines) is 1. The van der Waals surface area contributed by atoms with Crippen molar-refractivity contribution in [2.45, 2.75) is 6.42 Å². The summed E-state index contributed by atoms with van der Waals surface area (Å²) < 4.78 is 1.02. The van der Waals surface area contributed by atoms with Crippen molar-refractivity contribution < 1.29 is 4.79 Å². The lowest BCUT2D eigenvalue weighted by Crippen LogP contribution is -2.42. The van der Waals surface area contributed by atoms with Gasteiger partial charge in [-0.15, -0.1) is 0 Å². The van der Waals surface area contributed by atoms with E-state index in [0.717, 1.165) is 35.4 Å². The van der Waals surface area contributed by atoms with Crippen molar-refractivity contribution in [1.29, 1.82) is 0 Å². The molecule has 3 rings (SSSR count). The number of aromatic amines is 1. The molecule has 2 aromatic rings. The number of carbonyl (C=O) groups excluding carboxylic acids is 1. The summed E-state index contributed by atoms with van der Waals surface area (Å²) >= 11 is 3.40. The van der Waals surface area contributed by atoms with Crippen LogP contribution in [-0.4, -0.2) is 47.2 Å². The van der Waals surface area contributed by atoms with Gasteiger partial charge in [-0.3, -0.25) is 9.89 Å². The van der Waals surface area contributed by atoms with Gasteiger partial charge in [0, 0.05) is 23.1 Å². The number of hydrogen-bond donors (Lipinski definition) is 2. The van der Waals surface area contributed by atoms with Crippen molar-refractivity contribution in [3.05, 3.63) is 40.5 Å². The summed E-state index contributed by atoms with van der Waals surface area (Å²) in [5.41, 5.74) is 2.25.